The van der Waals surface area contributed by atoms with Gasteiger partial charge in [0.05, 0.1) is 11.4 Å². The Morgan fingerprint density at radius 3 is 2.38 bits per heavy atom. The monoisotopic (exact) mass is 384 g/mol. The molecule has 8 nitrogen and oxygen atoms in total. The van der Waals surface area contributed by atoms with Gasteiger partial charge in [-0.2, -0.15) is 4.31 Å². The Hall–Kier alpha value is -1.97. The van der Waals surface area contributed by atoms with Crippen molar-refractivity contribution in [2.45, 2.75) is 18.7 Å². The van der Waals surface area contributed by atoms with E-state index in [1.807, 2.05) is 0 Å². The van der Waals surface area contributed by atoms with E-state index < -0.39 is 15.9 Å². The van der Waals surface area contributed by atoms with E-state index in [0.717, 1.165) is 0 Å². The molecule has 0 aliphatic carbocycles. The molecular formula is C17H28N4O4S. The van der Waals surface area contributed by atoms with Crippen LogP contribution >= 0.6 is 0 Å². The van der Waals surface area contributed by atoms with Gasteiger partial charge in [-0.25, -0.2) is 8.42 Å². The van der Waals surface area contributed by atoms with E-state index >= 15 is 0 Å². The van der Waals surface area contributed by atoms with Gasteiger partial charge < -0.3 is 15.5 Å². The highest BCUT2D eigenvalue weighted by atomic mass is 32.2. The molecular weight excluding hydrogens is 356 g/mol. The van der Waals surface area contributed by atoms with Crippen molar-refractivity contribution in [3.05, 3.63) is 29.8 Å². The molecule has 0 heterocycles. The average Bonchev–Trinajstić information content (AvgIpc) is 2.64. The van der Waals surface area contributed by atoms with E-state index in [9.17, 15) is 18.0 Å². The highest BCUT2D eigenvalue weighted by molar-refractivity contribution is 7.89. The first kappa shape index (κ1) is 22.1. The fourth-order valence-electron chi connectivity index (χ4n) is 2.31. The van der Waals surface area contributed by atoms with Crippen molar-refractivity contribution >= 4 is 21.8 Å². The van der Waals surface area contributed by atoms with Crippen LogP contribution in [0.15, 0.2) is 29.2 Å². The molecule has 0 aliphatic rings. The van der Waals surface area contributed by atoms with Gasteiger partial charge in [0.1, 0.15) is 0 Å². The number of hydrogen-bond acceptors (Lipinski definition) is 5. The number of likely N-dealkylation sites (N-methyl/N-ethyl adjacent to an activating group) is 2. The third-order valence-electron chi connectivity index (χ3n) is 3.96. The van der Waals surface area contributed by atoms with Crippen molar-refractivity contribution < 1.29 is 18.0 Å². The molecule has 0 saturated heterocycles. The lowest BCUT2D eigenvalue weighted by Gasteiger charge is -2.19. The van der Waals surface area contributed by atoms with Crippen LogP contribution in [0.5, 0.6) is 0 Å². The topological polar surface area (TPSA) is 98.8 Å². The van der Waals surface area contributed by atoms with Crippen LogP contribution in [0.25, 0.3) is 0 Å². The Labute approximate surface area is 155 Å². The molecule has 1 aromatic rings. The second-order valence-electron chi connectivity index (χ2n) is 5.72. The average molecular weight is 385 g/mol. The summed E-state index contributed by atoms with van der Waals surface area (Å²) in [7, 11) is -0.194. The smallest absolute Gasteiger partial charge is 0.251 e. The normalized spacial score (nSPS) is 11.4. The van der Waals surface area contributed by atoms with E-state index in [1.165, 1.54) is 33.5 Å². The fraction of sp³-hybridized carbons (Fsp3) is 0.529. The lowest BCUT2D eigenvalue weighted by molar-refractivity contribution is -0.128. The molecule has 9 heteroatoms. The lowest BCUT2D eigenvalue weighted by Crippen LogP contribution is -2.40. The lowest BCUT2D eigenvalue weighted by atomic mass is 10.2. The van der Waals surface area contributed by atoms with Gasteiger partial charge in [-0.05, 0) is 25.2 Å². The third-order valence-corrected chi connectivity index (χ3v) is 6.01. The second-order valence-corrected chi connectivity index (χ2v) is 7.66. The molecule has 1 rings (SSSR count). The van der Waals surface area contributed by atoms with Gasteiger partial charge >= 0.3 is 0 Å². The van der Waals surface area contributed by atoms with Gasteiger partial charge in [-0.3, -0.25) is 9.59 Å². The number of nitrogens with one attached hydrogen (secondary N) is 2. The minimum Gasteiger partial charge on any atom is -0.343 e. The Morgan fingerprint density at radius 1 is 1.15 bits per heavy atom. The van der Waals surface area contributed by atoms with Crippen LogP contribution in [0.3, 0.4) is 0 Å². The van der Waals surface area contributed by atoms with Crippen LogP contribution in [-0.4, -0.2) is 76.3 Å². The molecule has 26 heavy (non-hydrogen) atoms. The third kappa shape index (κ3) is 5.79. The molecule has 2 N–H and O–H groups in total. The first-order valence-electron chi connectivity index (χ1n) is 8.54. The molecule has 0 aromatic heterocycles. The number of hydrogen-bond donors (Lipinski definition) is 2. The van der Waals surface area contributed by atoms with Crippen molar-refractivity contribution in [3.8, 4) is 0 Å². The number of carbonyl (C=O) groups is 2. The number of sulfonamides is 1. The van der Waals surface area contributed by atoms with E-state index in [2.05, 4.69) is 10.6 Å². The molecule has 1 aromatic carbocycles. The van der Waals surface area contributed by atoms with Gasteiger partial charge in [0.25, 0.3) is 5.91 Å². The minimum absolute atomic E-state index is 0.0614. The molecule has 2 amide bonds. The van der Waals surface area contributed by atoms with Gasteiger partial charge in [-0.15, -0.1) is 0 Å². The molecule has 0 saturated carbocycles. The van der Waals surface area contributed by atoms with Crippen molar-refractivity contribution in [3.63, 3.8) is 0 Å². The highest BCUT2D eigenvalue weighted by Crippen LogP contribution is 2.16. The fourth-order valence-corrected chi connectivity index (χ4v) is 3.81. The van der Waals surface area contributed by atoms with Gasteiger partial charge in [-0.1, -0.05) is 19.9 Å². The Bertz CT molecular complexity index is 717. The molecule has 0 unspecified atom stereocenters. The zero-order valence-corrected chi connectivity index (χ0v) is 16.6. The first-order valence-corrected chi connectivity index (χ1v) is 9.98. The van der Waals surface area contributed by atoms with Gasteiger partial charge in [0, 0.05) is 38.8 Å². The molecule has 0 bridgehead atoms. The van der Waals surface area contributed by atoms with E-state index in [4.69, 9.17) is 0 Å². The largest absolute Gasteiger partial charge is 0.343 e. The zero-order chi connectivity index (χ0) is 19.7. The summed E-state index contributed by atoms with van der Waals surface area (Å²) in [4.78, 5) is 25.8. The summed E-state index contributed by atoms with van der Waals surface area (Å²) in [5.41, 5.74) is 0.198. The van der Waals surface area contributed by atoms with Gasteiger partial charge in [0.2, 0.25) is 15.9 Å². The zero-order valence-electron chi connectivity index (χ0n) is 15.8. The SMILES string of the molecule is CCN(CC)S(=O)(=O)c1cccc(C(=O)NCC(=O)N(C)CCNC)c1. The van der Waals surface area contributed by atoms with Crippen LogP contribution in [0.1, 0.15) is 24.2 Å². The maximum Gasteiger partial charge on any atom is 0.251 e. The quantitative estimate of drug-likeness (QED) is 0.597. The van der Waals surface area contributed by atoms with Crippen LogP contribution in [0.2, 0.25) is 0 Å². The Balaban J connectivity index is 2.82. The summed E-state index contributed by atoms with van der Waals surface area (Å²) in [6.07, 6.45) is 0. The van der Waals surface area contributed by atoms with Crippen LogP contribution < -0.4 is 10.6 Å². The minimum atomic E-state index is -3.64. The summed E-state index contributed by atoms with van der Waals surface area (Å²) in [5.74, 6) is -0.711. The summed E-state index contributed by atoms with van der Waals surface area (Å²) < 4.78 is 26.4. The summed E-state index contributed by atoms with van der Waals surface area (Å²) in [6.45, 7) is 5.25. The maximum absolute atomic E-state index is 12.6. The van der Waals surface area contributed by atoms with Crippen molar-refractivity contribution in [1.29, 1.82) is 0 Å². The molecule has 0 radical (unpaired) electrons. The van der Waals surface area contributed by atoms with Crippen molar-refractivity contribution in [2.75, 3.05) is 46.8 Å². The second kappa shape index (κ2) is 10.2. The van der Waals surface area contributed by atoms with Crippen LogP contribution in [0, 0.1) is 0 Å². The standard InChI is InChI=1S/C17H28N4O4S/c1-5-21(6-2)26(24,25)15-9-7-8-14(12-15)17(23)19-13-16(22)20(4)11-10-18-3/h7-9,12,18H,5-6,10-11,13H2,1-4H3,(H,19,23). The highest BCUT2D eigenvalue weighted by Gasteiger charge is 2.22. The summed E-state index contributed by atoms with van der Waals surface area (Å²) in [6, 6.07) is 5.83. The molecule has 0 fully saturated rings. The van der Waals surface area contributed by atoms with E-state index in [0.29, 0.717) is 26.2 Å². The number of carbonyl (C=O) groups excluding carboxylic acids is 2. The predicted octanol–water partition coefficient (Wildman–Crippen LogP) is 0.125. The first-order chi connectivity index (χ1) is 12.3. The summed E-state index contributed by atoms with van der Waals surface area (Å²) in [5, 5.41) is 5.47. The van der Waals surface area contributed by atoms with E-state index in [1.54, 1.807) is 27.9 Å². The van der Waals surface area contributed by atoms with Crippen LogP contribution in [-0.2, 0) is 14.8 Å². The maximum atomic E-state index is 12.6. The van der Waals surface area contributed by atoms with Crippen molar-refractivity contribution in [1.82, 2.24) is 19.8 Å². The molecule has 0 atom stereocenters. The molecule has 0 spiro atoms. The molecule has 0 aliphatic heterocycles. The van der Waals surface area contributed by atoms with E-state index in [-0.39, 0.29) is 22.9 Å². The van der Waals surface area contributed by atoms with Crippen LogP contribution in [0.4, 0.5) is 0 Å². The Kier molecular flexibility index (Phi) is 8.70. The van der Waals surface area contributed by atoms with Crippen molar-refractivity contribution in [2.24, 2.45) is 0 Å². The molecule has 146 valence electrons. The number of nitrogens with zero attached hydrogens (tertiary/aromatic N) is 2. The summed E-state index contributed by atoms with van der Waals surface area (Å²) >= 11 is 0. The Morgan fingerprint density at radius 2 is 1.81 bits per heavy atom. The number of rotatable bonds is 10. The number of benzene rings is 1. The predicted molar refractivity (Wildman–Crippen MR) is 100 cm³/mol. The number of amides is 2. The van der Waals surface area contributed by atoms with Gasteiger partial charge in [0.15, 0.2) is 0 Å².